The minimum Gasteiger partial charge on any atom is -0.323 e. The van der Waals surface area contributed by atoms with Crippen molar-refractivity contribution in [2.75, 3.05) is 19.6 Å². The Morgan fingerprint density at radius 2 is 1.81 bits per heavy atom. The van der Waals surface area contributed by atoms with Crippen LogP contribution in [-0.2, 0) is 14.8 Å². The molecule has 1 aliphatic carbocycles. The van der Waals surface area contributed by atoms with Crippen LogP contribution in [0.4, 0.5) is 0 Å². The average molecular weight is 398 g/mol. The Morgan fingerprint density at radius 1 is 1.19 bits per heavy atom. The molecule has 1 atom stereocenters. The van der Waals surface area contributed by atoms with E-state index < -0.39 is 15.7 Å². The first kappa shape index (κ1) is 18.2. The van der Waals surface area contributed by atoms with Crippen LogP contribution in [0.1, 0.15) is 32.6 Å². The van der Waals surface area contributed by atoms with Crippen molar-refractivity contribution in [1.82, 2.24) is 14.5 Å². The molecule has 0 bridgehead atoms. The van der Waals surface area contributed by atoms with Crippen molar-refractivity contribution in [1.29, 1.82) is 0 Å². The summed E-state index contributed by atoms with van der Waals surface area (Å²) in [5, 5.41) is 3.97. The summed E-state index contributed by atoms with van der Waals surface area (Å²) < 4.78 is 27.3. The zero-order valence-electron chi connectivity index (χ0n) is 14.8. The maximum absolute atomic E-state index is 12.9. The van der Waals surface area contributed by atoms with Gasteiger partial charge < -0.3 is 4.90 Å². The number of sulfonamides is 1. The Morgan fingerprint density at radius 3 is 2.38 bits per heavy atom. The minimum absolute atomic E-state index is 0.144. The lowest BCUT2D eigenvalue weighted by Gasteiger charge is -2.44. The molecule has 2 saturated heterocycles. The SMILES string of the molecule is C[C@@H]1NC2(CCN(S(=O)(=O)c3ccc(Cl)cc3)CC2)N(CC2CC2)C1=O. The molecular formula is C18H24ClN3O3S. The second-order valence-corrected chi connectivity index (χ2v) is 10.0. The first-order valence-corrected chi connectivity index (χ1v) is 11.0. The zero-order valence-corrected chi connectivity index (χ0v) is 16.4. The molecule has 142 valence electrons. The van der Waals surface area contributed by atoms with Crippen LogP contribution in [0.3, 0.4) is 0 Å². The summed E-state index contributed by atoms with van der Waals surface area (Å²) in [6, 6.07) is 6.07. The van der Waals surface area contributed by atoms with E-state index in [1.165, 1.54) is 17.1 Å². The fourth-order valence-corrected chi connectivity index (χ4v) is 5.64. The monoisotopic (exact) mass is 397 g/mol. The standard InChI is InChI=1S/C18H24ClN3O3S/c1-13-17(23)22(12-14-2-3-14)18(20-13)8-10-21(11-9-18)26(24,25)16-6-4-15(19)5-7-16/h4-7,13-14,20H,2-3,8-12H2,1H3/t13-/m0/s1. The summed E-state index contributed by atoms with van der Waals surface area (Å²) in [5.74, 6) is 0.754. The van der Waals surface area contributed by atoms with E-state index in [0.29, 0.717) is 36.9 Å². The number of piperidine rings is 1. The van der Waals surface area contributed by atoms with Crippen molar-refractivity contribution in [2.24, 2.45) is 5.92 Å². The van der Waals surface area contributed by atoms with Crippen LogP contribution in [0.15, 0.2) is 29.2 Å². The van der Waals surface area contributed by atoms with Crippen molar-refractivity contribution < 1.29 is 13.2 Å². The predicted octanol–water partition coefficient (Wildman–Crippen LogP) is 2.05. The summed E-state index contributed by atoms with van der Waals surface area (Å²) in [6.45, 7) is 3.49. The second-order valence-electron chi connectivity index (χ2n) is 7.65. The largest absolute Gasteiger partial charge is 0.323 e. The maximum Gasteiger partial charge on any atom is 0.243 e. The predicted molar refractivity (Wildman–Crippen MR) is 99.2 cm³/mol. The van der Waals surface area contributed by atoms with E-state index in [4.69, 9.17) is 11.6 Å². The number of benzene rings is 1. The third kappa shape index (κ3) is 3.15. The van der Waals surface area contributed by atoms with E-state index in [1.54, 1.807) is 24.3 Å². The van der Waals surface area contributed by atoms with Crippen molar-refractivity contribution in [3.05, 3.63) is 29.3 Å². The van der Waals surface area contributed by atoms with Crippen LogP contribution in [0.5, 0.6) is 0 Å². The molecule has 1 aromatic carbocycles. The van der Waals surface area contributed by atoms with Crippen molar-refractivity contribution in [3.63, 3.8) is 0 Å². The van der Waals surface area contributed by atoms with Gasteiger partial charge in [0.1, 0.15) is 0 Å². The number of carbonyl (C=O) groups is 1. The molecule has 8 heteroatoms. The molecule has 1 amide bonds. The van der Waals surface area contributed by atoms with Crippen LogP contribution in [0, 0.1) is 5.92 Å². The Balaban J connectivity index is 1.51. The van der Waals surface area contributed by atoms with Crippen LogP contribution in [0.25, 0.3) is 0 Å². The van der Waals surface area contributed by atoms with Gasteiger partial charge in [-0.2, -0.15) is 4.31 Å². The van der Waals surface area contributed by atoms with Gasteiger partial charge in [0.15, 0.2) is 0 Å². The number of hydrogen-bond acceptors (Lipinski definition) is 4. The smallest absolute Gasteiger partial charge is 0.243 e. The summed E-state index contributed by atoms with van der Waals surface area (Å²) in [4.78, 5) is 14.8. The summed E-state index contributed by atoms with van der Waals surface area (Å²) in [6.07, 6.45) is 3.60. The van der Waals surface area contributed by atoms with Crippen molar-refractivity contribution in [2.45, 2.75) is 49.2 Å². The highest BCUT2D eigenvalue weighted by Crippen LogP contribution is 2.38. The van der Waals surface area contributed by atoms with E-state index in [0.717, 1.165) is 6.54 Å². The van der Waals surface area contributed by atoms with Gasteiger partial charge in [-0.1, -0.05) is 11.6 Å². The maximum atomic E-state index is 12.9. The lowest BCUT2D eigenvalue weighted by Crippen LogP contribution is -2.59. The minimum atomic E-state index is -3.54. The molecule has 2 aliphatic heterocycles. The fourth-order valence-electron chi connectivity index (χ4n) is 4.08. The molecule has 1 saturated carbocycles. The van der Waals surface area contributed by atoms with Gasteiger partial charge in [0.2, 0.25) is 15.9 Å². The molecule has 2 heterocycles. The van der Waals surface area contributed by atoms with Gasteiger partial charge in [0, 0.05) is 24.7 Å². The molecule has 3 fully saturated rings. The third-order valence-corrected chi connectivity index (χ3v) is 7.94. The van der Waals surface area contributed by atoms with E-state index in [-0.39, 0.29) is 16.8 Å². The quantitative estimate of drug-likeness (QED) is 0.844. The number of amides is 1. The average Bonchev–Trinajstić information content (AvgIpc) is 3.40. The summed E-state index contributed by atoms with van der Waals surface area (Å²) in [5.41, 5.74) is -0.398. The fraction of sp³-hybridized carbons (Fsp3) is 0.611. The Hall–Kier alpha value is -1.15. The normalized spacial score (nSPS) is 26.6. The summed E-state index contributed by atoms with van der Waals surface area (Å²) in [7, 11) is -3.54. The Bertz CT molecular complexity index is 799. The van der Waals surface area contributed by atoms with E-state index in [2.05, 4.69) is 5.32 Å². The van der Waals surface area contributed by atoms with Crippen LogP contribution in [-0.4, -0.2) is 54.9 Å². The van der Waals surface area contributed by atoms with Gasteiger partial charge in [-0.15, -0.1) is 0 Å². The highest BCUT2D eigenvalue weighted by molar-refractivity contribution is 7.89. The van der Waals surface area contributed by atoms with Crippen molar-refractivity contribution >= 4 is 27.5 Å². The van der Waals surface area contributed by atoms with Crippen LogP contribution >= 0.6 is 11.6 Å². The molecule has 1 spiro atoms. The first-order valence-electron chi connectivity index (χ1n) is 9.17. The number of halogens is 1. The summed E-state index contributed by atoms with van der Waals surface area (Å²) >= 11 is 5.87. The number of rotatable bonds is 4. The molecule has 26 heavy (non-hydrogen) atoms. The molecular weight excluding hydrogens is 374 g/mol. The second kappa shape index (κ2) is 6.48. The molecule has 3 aliphatic rings. The molecule has 0 unspecified atom stereocenters. The van der Waals surface area contributed by atoms with E-state index in [9.17, 15) is 13.2 Å². The molecule has 4 rings (SSSR count). The molecule has 0 radical (unpaired) electrons. The number of carbonyl (C=O) groups excluding carboxylic acids is 1. The van der Waals surface area contributed by atoms with Gasteiger partial charge in [-0.25, -0.2) is 8.42 Å². The molecule has 6 nitrogen and oxygen atoms in total. The molecule has 1 aromatic rings. The molecule has 1 N–H and O–H groups in total. The van der Waals surface area contributed by atoms with Gasteiger partial charge in [0.25, 0.3) is 0 Å². The number of hydrogen-bond donors (Lipinski definition) is 1. The zero-order chi connectivity index (χ0) is 18.5. The highest BCUT2D eigenvalue weighted by atomic mass is 35.5. The van der Waals surface area contributed by atoms with Gasteiger partial charge in [0.05, 0.1) is 16.6 Å². The highest BCUT2D eigenvalue weighted by Gasteiger charge is 2.52. The van der Waals surface area contributed by atoms with Crippen LogP contribution < -0.4 is 5.32 Å². The Kier molecular flexibility index (Phi) is 4.54. The van der Waals surface area contributed by atoms with E-state index in [1.807, 2.05) is 11.8 Å². The van der Waals surface area contributed by atoms with Gasteiger partial charge >= 0.3 is 0 Å². The van der Waals surface area contributed by atoms with Gasteiger partial charge in [-0.3, -0.25) is 10.1 Å². The molecule has 0 aromatic heterocycles. The lowest BCUT2D eigenvalue weighted by molar-refractivity contribution is -0.133. The third-order valence-electron chi connectivity index (χ3n) is 5.78. The number of nitrogens with one attached hydrogen (secondary N) is 1. The lowest BCUT2D eigenvalue weighted by atomic mass is 9.97. The van der Waals surface area contributed by atoms with E-state index >= 15 is 0 Å². The van der Waals surface area contributed by atoms with Gasteiger partial charge in [-0.05, 0) is 62.8 Å². The van der Waals surface area contributed by atoms with Crippen LogP contribution in [0.2, 0.25) is 5.02 Å². The number of nitrogens with zero attached hydrogens (tertiary/aromatic N) is 2. The first-order chi connectivity index (χ1) is 12.3. The van der Waals surface area contributed by atoms with Crippen molar-refractivity contribution in [3.8, 4) is 0 Å². The Labute approximate surface area is 159 Å². The topological polar surface area (TPSA) is 69.7 Å².